The maximum Gasteiger partial charge on any atom is 0.267 e. The van der Waals surface area contributed by atoms with E-state index in [1.54, 1.807) is 17.4 Å². The maximum absolute atomic E-state index is 12.9. The number of thiazole rings is 1. The minimum absolute atomic E-state index is 0.109. The summed E-state index contributed by atoms with van der Waals surface area (Å²) in [6, 6.07) is 15.9. The number of aromatic nitrogens is 1. The molecule has 1 unspecified atom stereocenters. The number of rotatable bonds is 9. The molecule has 8 heteroatoms. The molecule has 0 aliphatic carbocycles. The summed E-state index contributed by atoms with van der Waals surface area (Å²) in [5, 5.41) is 12.1. The summed E-state index contributed by atoms with van der Waals surface area (Å²) in [6.07, 6.45) is 2.31. The van der Waals surface area contributed by atoms with Crippen molar-refractivity contribution in [1.29, 1.82) is 0 Å². The summed E-state index contributed by atoms with van der Waals surface area (Å²) >= 11 is 4.32. The minimum atomic E-state index is -0.199. The molecule has 1 atom stereocenters. The number of hydrogen-bond donors (Lipinski definition) is 2. The van der Waals surface area contributed by atoms with Crippen molar-refractivity contribution >= 4 is 51.0 Å². The topological polar surface area (TPSA) is 71.1 Å². The molecule has 1 aromatic carbocycles. The summed E-state index contributed by atoms with van der Waals surface area (Å²) in [5.74, 6) is -0.294. The second-order valence-corrected chi connectivity index (χ2v) is 10.0. The highest BCUT2D eigenvalue weighted by Crippen LogP contribution is 2.27. The summed E-state index contributed by atoms with van der Waals surface area (Å²) in [4.78, 5) is 31.2. The third-order valence-corrected chi connectivity index (χ3v) is 7.46. The predicted octanol–water partition coefficient (Wildman–Crippen LogP) is 5.92. The van der Waals surface area contributed by atoms with Crippen LogP contribution >= 0.6 is 34.0 Å². The van der Waals surface area contributed by atoms with Crippen LogP contribution in [0.1, 0.15) is 50.8 Å². The summed E-state index contributed by atoms with van der Waals surface area (Å²) in [5.41, 5.74) is 2.99. The second kappa shape index (κ2) is 10.7. The molecule has 2 amide bonds. The molecule has 4 rings (SSSR count). The SMILES string of the molecule is CCCc1ccc(C(NC(=O)Cc2csc(NC(=O)c3cccs3)n2)c2cccs2)cc1. The Kier molecular flexibility index (Phi) is 7.47. The Labute approximate surface area is 199 Å². The van der Waals surface area contributed by atoms with Crippen LogP contribution in [0, 0.1) is 0 Å². The van der Waals surface area contributed by atoms with Gasteiger partial charge in [0.05, 0.1) is 23.0 Å². The van der Waals surface area contributed by atoms with Crippen LogP contribution in [0.3, 0.4) is 0 Å². The molecule has 2 N–H and O–H groups in total. The molecule has 0 bridgehead atoms. The van der Waals surface area contributed by atoms with Crippen LogP contribution in [0.15, 0.2) is 64.7 Å². The van der Waals surface area contributed by atoms with Gasteiger partial charge in [0.15, 0.2) is 5.13 Å². The zero-order chi connectivity index (χ0) is 22.3. The van der Waals surface area contributed by atoms with Gasteiger partial charge in [0.2, 0.25) is 5.91 Å². The first-order valence-electron chi connectivity index (χ1n) is 10.3. The number of nitrogens with zero attached hydrogens (tertiary/aromatic N) is 1. The third kappa shape index (κ3) is 5.70. The van der Waals surface area contributed by atoms with E-state index in [1.165, 1.54) is 28.2 Å². The first-order chi connectivity index (χ1) is 15.6. The highest BCUT2D eigenvalue weighted by Gasteiger charge is 2.19. The van der Waals surface area contributed by atoms with Gasteiger partial charge >= 0.3 is 0 Å². The van der Waals surface area contributed by atoms with Crippen molar-refractivity contribution in [1.82, 2.24) is 10.3 Å². The van der Waals surface area contributed by atoms with E-state index in [2.05, 4.69) is 46.8 Å². The lowest BCUT2D eigenvalue weighted by Crippen LogP contribution is -2.30. The zero-order valence-corrected chi connectivity index (χ0v) is 20.0. The monoisotopic (exact) mass is 481 g/mol. The molecule has 0 aliphatic heterocycles. The van der Waals surface area contributed by atoms with Crippen LogP contribution in [0.2, 0.25) is 0 Å². The standard InChI is InChI=1S/C24H23N3O2S3/c1-2-5-16-8-10-17(11-9-16)22(19-6-3-12-30-19)26-21(28)14-18-15-32-24(25-18)27-23(29)20-7-4-13-31-20/h3-4,6-13,15,22H,2,5,14H2,1H3,(H,26,28)(H,25,27,29). The van der Waals surface area contributed by atoms with Crippen LogP contribution in [0.4, 0.5) is 5.13 Å². The lowest BCUT2D eigenvalue weighted by molar-refractivity contribution is -0.121. The average Bonchev–Trinajstić information content (AvgIpc) is 3.56. The molecular weight excluding hydrogens is 458 g/mol. The van der Waals surface area contributed by atoms with E-state index in [0.717, 1.165) is 23.3 Å². The number of carbonyl (C=O) groups excluding carboxylic acids is 2. The van der Waals surface area contributed by atoms with Crippen LogP contribution in [-0.4, -0.2) is 16.8 Å². The van der Waals surface area contributed by atoms with Gasteiger partial charge in [-0.1, -0.05) is 49.7 Å². The Bertz CT molecular complexity index is 1150. The van der Waals surface area contributed by atoms with Crippen molar-refractivity contribution in [3.05, 3.63) is 91.2 Å². The quantitative estimate of drug-likeness (QED) is 0.312. The number of anilines is 1. The lowest BCUT2D eigenvalue weighted by atomic mass is 10.0. The fourth-order valence-corrected chi connectivity index (χ4v) is 5.45. The Morgan fingerprint density at radius 2 is 1.78 bits per heavy atom. The number of thiophene rings is 2. The molecular formula is C24H23N3O2S3. The Morgan fingerprint density at radius 1 is 1.00 bits per heavy atom. The smallest absolute Gasteiger partial charge is 0.267 e. The minimum Gasteiger partial charge on any atom is -0.344 e. The Balaban J connectivity index is 1.41. The molecule has 0 saturated heterocycles. The molecule has 4 aromatic rings. The zero-order valence-electron chi connectivity index (χ0n) is 17.5. The molecule has 0 spiro atoms. The predicted molar refractivity (Wildman–Crippen MR) is 133 cm³/mol. The molecule has 164 valence electrons. The van der Waals surface area contributed by atoms with E-state index in [9.17, 15) is 9.59 Å². The number of amides is 2. The van der Waals surface area contributed by atoms with Crippen LogP contribution < -0.4 is 10.6 Å². The van der Waals surface area contributed by atoms with Gasteiger partial charge in [0.25, 0.3) is 5.91 Å². The van der Waals surface area contributed by atoms with Gasteiger partial charge in [-0.15, -0.1) is 34.0 Å². The van der Waals surface area contributed by atoms with Gasteiger partial charge in [-0.3, -0.25) is 14.9 Å². The van der Waals surface area contributed by atoms with Crippen molar-refractivity contribution < 1.29 is 9.59 Å². The van der Waals surface area contributed by atoms with Crippen LogP contribution in [0.5, 0.6) is 0 Å². The van der Waals surface area contributed by atoms with E-state index in [0.29, 0.717) is 15.7 Å². The van der Waals surface area contributed by atoms with Crippen molar-refractivity contribution in [2.24, 2.45) is 0 Å². The molecule has 0 aliphatic rings. The number of carbonyl (C=O) groups is 2. The summed E-state index contributed by atoms with van der Waals surface area (Å²) < 4.78 is 0. The average molecular weight is 482 g/mol. The third-order valence-electron chi connectivity index (χ3n) is 4.84. The normalized spacial score (nSPS) is 11.8. The van der Waals surface area contributed by atoms with Crippen LogP contribution in [-0.2, 0) is 17.6 Å². The lowest BCUT2D eigenvalue weighted by Gasteiger charge is -2.18. The first kappa shape index (κ1) is 22.4. The van der Waals surface area contributed by atoms with Gasteiger partial charge in [0, 0.05) is 10.3 Å². The van der Waals surface area contributed by atoms with Crippen molar-refractivity contribution in [3.8, 4) is 0 Å². The van der Waals surface area contributed by atoms with Gasteiger partial charge in [0.1, 0.15) is 0 Å². The van der Waals surface area contributed by atoms with Gasteiger partial charge in [-0.25, -0.2) is 4.98 Å². The molecule has 3 aromatic heterocycles. The van der Waals surface area contributed by atoms with Crippen molar-refractivity contribution in [2.45, 2.75) is 32.2 Å². The summed E-state index contributed by atoms with van der Waals surface area (Å²) in [7, 11) is 0. The van der Waals surface area contributed by atoms with Crippen molar-refractivity contribution in [3.63, 3.8) is 0 Å². The van der Waals surface area contributed by atoms with Crippen molar-refractivity contribution in [2.75, 3.05) is 5.32 Å². The Hall–Kier alpha value is -2.81. The molecule has 0 fully saturated rings. The fourth-order valence-electron chi connectivity index (χ4n) is 3.33. The van der Waals surface area contributed by atoms with E-state index in [-0.39, 0.29) is 24.3 Å². The number of hydrogen-bond acceptors (Lipinski definition) is 6. The fraction of sp³-hybridized carbons (Fsp3) is 0.208. The van der Waals surface area contributed by atoms with E-state index < -0.39 is 0 Å². The largest absolute Gasteiger partial charge is 0.344 e. The van der Waals surface area contributed by atoms with E-state index in [1.807, 2.05) is 34.3 Å². The summed E-state index contributed by atoms with van der Waals surface area (Å²) in [6.45, 7) is 2.17. The highest BCUT2D eigenvalue weighted by molar-refractivity contribution is 7.14. The molecule has 0 saturated carbocycles. The number of aryl methyl sites for hydroxylation is 1. The number of nitrogens with one attached hydrogen (secondary N) is 2. The van der Waals surface area contributed by atoms with Gasteiger partial charge < -0.3 is 5.32 Å². The maximum atomic E-state index is 12.9. The van der Waals surface area contributed by atoms with E-state index in [4.69, 9.17) is 0 Å². The van der Waals surface area contributed by atoms with E-state index >= 15 is 0 Å². The Morgan fingerprint density at radius 3 is 2.47 bits per heavy atom. The molecule has 0 radical (unpaired) electrons. The number of benzene rings is 1. The highest BCUT2D eigenvalue weighted by atomic mass is 32.1. The second-order valence-electron chi connectivity index (χ2n) is 7.26. The van der Waals surface area contributed by atoms with Gasteiger partial charge in [-0.05, 0) is 40.4 Å². The van der Waals surface area contributed by atoms with Gasteiger partial charge in [-0.2, -0.15) is 0 Å². The first-order valence-corrected chi connectivity index (χ1v) is 13.0. The molecule has 3 heterocycles. The molecule has 5 nitrogen and oxygen atoms in total. The molecule has 32 heavy (non-hydrogen) atoms. The van der Waals surface area contributed by atoms with Crippen LogP contribution in [0.25, 0.3) is 0 Å².